The number of aryl methyl sites for hydroxylation is 2. The van der Waals surface area contributed by atoms with Gasteiger partial charge in [-0.3, -0.25) is 4.79 Å². The quantitative estimate of drug-likeness (QED) is 0.742. The molecule has 116 valence electrons. The minimum atomic E-state index is -0.501. The molecular formula is C16H14Br2FNO2. The van der Waals surface area contributed by atoms with Crippen LogP contribution in [0.4, 0.5) is 10.1 Å². The van der Waals surface area contributed by atoms with E-state index in [1.807, 2.05) is 26.0 Å². The Hall–Kier alpha value is -1.40. The predicted molar refractivity (Wildman–Crippen MR) is 91.8 cm³/mol. The lowest BCUT2D eigenvalue weighted by Crippen LogP contribution is -2.21. The van der Waals surface area contributed by atoms with Crippen molar-refractivity contribution in [2.45, 2.75) is 13.8 Å². The number of carbonyl (C=O) groups excluding carboxylic acids is 1. The molecule has 6 heteroatoms. The number of nitrogens with one attached hydrogen (secondary N) is 1. The lowest BCUT2D eigenvalue weighted by atomic mass is 10.1. The van der Waals surface area contributed by atoms with E-state index in [2.05, 4.69) is 37.2 Å². The first-order valence-corrected chi connectivity index (χ1v) is 8.10. The van der Waals surface area contributed by atoms with Gasteiger partial charge in [0.2, 0.25) is 0 Å². The molecule has 0 radical (unpaired) electrons. The Morgan fingerprint density at radius 3 is 2.36 bits per heavy atom. The molecule has 0 fully saturated rings. The fraction of sp³-hybridized carbons (Fsp3) is 0.188. The summed E-state index contributed by atoms with van der Waals surface area (Å²) in [6.45, 7) is 3.62. The van der Waals surface area contributed by atoms with Gasteiger partial charge in [-0.25, -0.2) is 4.39 Å². The van der Waals surface area contributed by atoms with Gasteiger partial charge in [-0.2, -0.15) is 0 Å². The van der Waals surface area contributed by atoms with Gasteiger partial charge in [0, 0.05) is 8.95 Å². The fourth-order valence-corrected chi connectivity index (χ4v) is 3.06. The second-order valence-corrected chi connectivity index (χ2v) is 6.66. The van der Waals surface area contributed by atoms with Crippen LogP contribution in [0.25, 0.3) is 0 Å². The SMILES string of the molecule is Cc1cc(Br)cc(C)c1OCC(=O)Nc1ccc(Br)cc1F. The van der Waals surface area contributed by atoms with E-state index in [4.69, 9.17) is 4.74 Å². The topological polar surface area (TPSA) is 38.3 Å². The molecule has 3 nitrogen and oxygen atoms in total. The molecule has 0 heterocycles. The van der Waals surface area contributed by atoms with Crippen LogP contribution in [0.15, 0.2) is 39.3 Å². The Balaban J connectivity index is 2.02. The minimum Gasteiger partial charge on any atom is -0.483 e. The van der Waals surface area contributed by atoms with Crippen molar-refractivity contribution in [3.63, 3.8) is 0 Å². The van der Waals surface area contributed by atoms with Crippen LogP contribution in [0, 0.1) is 19.7 Å². The van der Waals surface area contributed by atoms with Gasteiger partial charge in [-0.05, 0) is 55.3 Å². The molecular weight excluding hydrogens is 417 g/mol. The minimum absolute atomic E-state index is 0.126. The fourth-order valence-electron chi connectivity index (χ4n) is 2.04. The van der Waals surface area contributed by atoms with E-state index in [-0.39, 0.29) is 12.3 Å². The molecule has 2 aromatic rings. The Morgan fingerprint density at radius 1 is 1.14 bits per heavy atom. The molecule has 1 amide bonds. The summed E-state index contributed by atoms with van der Waals surface area (Å²) in [5.74, 6) is -0.253. The summed E-state index contributed by atoms with van der Waals surface area (Å²) >= 11 is 6.57. The highest BCUT2D eigenvalue weighted by atomic mass is 79.9. The summed E-state index contributed by atoms with van der Waals surface area (Å²) in [5, 5.41) is 2.49. The van der Waals surface area contributed by atoms with Gasteiger partial charge in [-0.1, -0.05) is 31.9 Å². The van der Waals surface area contributed by atoms with Crippen LogP contribution in [0.2, 0.25) is 0 Å². The van der Waals surface area contributed by atoms with Gasteiger partial charge in [0.25, 0.3) is 5.91 Å². The summed E-state index contributed by atoms with van der Waals surface area (Å²) in [6, 6.07) is 8.26. The third-order valence-corrected chi connectivity index (χ3v) is 3.93. The molecule has 0 saturated carbocycles. The molecule has 2 aromatic carbocycles. The van der Waals surface area contributed by atoms with Crippen LogP contribution in [0.1, 0.15) is 11.1 Å². The van der Waals surface area contributed by atoms with Crippen molar-refractivity contribution in [2.24, 2.45) is 0 Å². The van der Waals surface area contributed by atoms with Crippen LogP contribution in [0.5, 0.6) is 5.75 Å². The van der Waals surface area contributed by atoms with Crippen molar-refractivity contribution in [1.29, 1.82) is 0 Å². The molecule has 0 aliphatic carbocycles. The van der Waals surface area contributed by atoms with Crippen molar-refractivity contribution >= 4 is 43.5 Å². The van der Waals surface area contributed by atoms with Crippen molar-refractivity contribution in [2.75, 3.05) is 11.9 Å². The first kappa shape index (κ1) is 17.0. The van der Waals surface area contributed by atoms with Crippen LogP contribution >= 0.6 is 31.9 Å². The molecule has 0 unspecified atom stereocenters. The average molecular weight is 431 g/mol. The summed E-state index contributed by atoms with van der Waals surface area (Å²) in [5.41, 5.74) is 1.98. The Labute approximate surface area is 145 Å². The van der Waals surface area contributed by atoms with Crippen molar-refractivity contribution in [1.82, 2.24) is 0 Å². The maximum Gasteiger partial charge on any atom is 0.262 e. The number of hydrogen-bond acceptors (Lipinski definition) is 2. The highest BCUT2D eigenvalue weighted by Crippen LogP contribution is 2.27. The molecule has 0 atom stereocenters. The molecule has 22 heavy (non-hydrogen) atoms. The van der Waals surface area contributed by atoms with Gasteiger partial charge < -0.3 is 10.1 Å². The zero-order chi connectivity index (χ0) is 16.3. The van der Waals surface area contributed by atoms with Crippen LogP contribution in [0.3, 0.4) is 0 Å². The number of anilines is 1. The van der Waals surface area contributed by atoms with E-state index in [1.54, 1.807) is 6.07 Å². The first-order valence-electron chi connectivity index (χ1n) is 6.51. The third-order valence-electron chi connectivity index (χ3n) is 2.98. The van der Waals surface area contributed by atoms with Gasteiger partial charge in [-0.15, -0.1) is 0 Å². The maximum absolute atomic E-state index is 13.7. The highest BCUT2D eigenvalue weighted by Gasteiger charge is 2.11. The first-order chi connectivity index (χ1) is 10.4. The molecule has 1 N–H and O–H groups in total. The Bertz CT molecular complexity index is 696. The zero-order valence-corrected chi connectivity index (χ0v) is 15.2. The van der Waals surface area contributed by atoms with Crippen molar-refractivity contribution in [3.05, 3.63) is 56.2 Å². The molecule has 0 spiro atoms. The number of ether oxygens (including phenoxy) is 1. The second-order valence-electron chi connectivity index (χ2n) is 4.83. The van der Waals surface area contributed by atoms with Crippen molar-refractivity contribution in [3.8, 4) is 5.75 Å². The summed E-state index contributed by atoms with van der Waals surface area (Å²) in [7, 11) is 0. The number of rotatable bonds is 4. The number of hydrogen-bond donors (Lipinski definition) is 1. The van der Waals surface area contributed by atoms with Gasteiger partial charge in [0.05, 0.1) is 5.69 Å². The maximum atomic E-state index is 13.7. The number of benzene rings is 2. The molecule has 0 saturated heterocycles. The van der Waals surface area contributed by atoms with Gasteiger partial charge in [0.1, 0.15) is 11.6 Å². The number of carbonyl (C=O) groups is 1. The molecule has 0 bridgehead atoms. The summed E-state index contributed by atoms with van der Waals surface area (Å²) < 4.78 is 20.8. The third kappa shape index (κ3) is 4.30. The van der Waals surface area contributed by atoms with Crippen molar-refractivity contribution < 1.29 is 13.9 Å². The van der Waals surface area contributed by atoms with Gasteiger partial charge in [0.15, 0.2) is 6.61 Å². The second kappa shape index (κ2) is 7.24. The van der Waals surface area contributed by atoms with Crippen LogP contribution in [-0.2, 0) is 4.79 Å². The van der Waals surface area contributed by atoms with Crippen LogP contribution in [-0.4, -0.2) is 12.5 Å². The molecule has 0 aromatic heterocycles. The van der Waals surface area contributed by atoms with E-state index in [0.717, 1.165) is 15.6 Å². The van der Waals surface area contributed by atoms with E-state index >= 15 is 0 Å². The number of amides is 1. The molecule has 0 aliphatic rings. The molecule has 2 rings (SSSR count). The lowest BCUT2D eigenvalue weighted by Gasteiger charge is -2.13. The Morgan fingerprint density at radius 2 is 1.77 bits per heavy atom. The largest absolute Gasteiger partial charge is 0.483 e. The lowest BCUT2D eigenvalue weighted by molar-refractivity contribution is -0.118. The van der Waals surface area contributed by atoms with E-state index in [0.29, 0.717) is 10.2 Å². The Kier molecular flexibility index (Phi) is 5.58. The zero-order valence-electron chi connectivity index (χ0n) is 12.0. The van der Waals surface area contributed by atoms with E-state index in [9.17, 15) is 9.18 Å². The van der Waals surface area contributed by atoms with E-state index in [1.165, 1.54) is 12.1 Å². The molecule has 0 aliphatic heterocycles. The smallest absolute Gasteiger partial charge is 0.262 e. The summed E-state index contributed by atoms with van der Waals surface area (Å²) in [6.07, 6.45) is 0. The average Bonchev–Trinajstić information content (AvgIpc) is 2.40. The monoisotopic (exact) mass is 429 g/mol. The summed E-state index contributed by atoms with van der Waals surface area (Å²) in [4.78, 5) is 11.9. The van der Waals surface area contributed by atoms with Gasteiger partial charge >= 0.3 is 0 Å². The van der Waals surface area contributed by atoms with Crippen LogP contribution < -0.4 is 10.1 Å². The normalized spacial score (nSPS) is 10.4. The predicted octanol–water partition coefficient (Wildman–Crippen LogP) is 4.99. The number of halogens is 3. The van der Waals surface area contributed by atoms with E-state index < -0.39 is 11.7 Å². The standard InChI is InChI=1S/C16H14Br2FNO2/c1-9-5-12(18)6-10(2)16(9)22-8-15(21)20-14-4-3-11(17)7-13(14)19/h3-7H,8H2,1-2H3,(H,20,21). The highest BCUT2D eigenvalue weighted by molar-refractivity contribution is 9.10.